The first-order chi connectivity index (χ1) is 11.4. The Kier molecular flexibility index (Phi) is 5.82. The van der Waals surface area contributed by atoms with Crippen LogP contribution in [0.25, 0.3) is 0 Å². The van der Waals surface area contributed by atoms with E-state index < -0.39 is 11.9 Å². The van der Waals surface area contributed by atoms with Crippen LogP contribution in [0.5, 0.6) is 5.75 Å². The normalized spacial score (nSPS) is 10.2. The van der Waals surface area contributed by atoms with E-state index in [1.165, 1.54) is 7.11 Å². The van der Waals surface area contributed by atoms with E-state index in [-0.39, 0.29) is 6.61 Å². The molecule has 126 valence electrons. The summed E-state index contributed by atoms with van der Waals surface area (Å²) in [5, 5.41) is 2.99. The Labute approximate surface area is 145 Å². The monoisotopic (exact) mass is 347 g/mol. The van der Waals surface area contributed by atoms with Crippen LogP contribution in [0.15, 0.2) is 36.4 Å². The van der Waals surface area contributed by atoms with E-state index in [1.807, 2.05) is 26.0 Å². The zero-order valence-electron chi connectivity index (χ0n) is 13.7. The van der Waals surface area contributed by atoms with Crippen LogP contribution in [0.2, 0.25) is 5.02 Å². The highest BCUT2D eigenvalue weighted by molar-refractivity contribution is 6.32. The van der Waals surface area contributed by atoms with E-state index in [2.05, 4.69) is 5.32 Å². The number of hydrogen-bond donors (Lipinski definition) is 1. The Bertz CT molecular complexity index is 774. The average Bonchev–Trinajstić information content (AvgIpc) is 2.55. The second-order valence-electron chi connectivity index (χ2n) is 5.29. The van der Waals surface area contributed by atoms with Crippen molar-refractivity contribution < 1.29 is 19.1 Å². The number of hydrogen-bond acceptors (Lipinski definition) is 4. The SMILES string of the molecule is COc1ccc(NC(=O)COC(=O)c2cc(C)ccc2C)cc1Cl. The third kappa shape index (κ3) is 4.49. The smallest absolute Gasteiger partial charge is 0.338 e. The van der Waals surface area contributed by atoms with Crippen molar-refractivity contribution in [2.24, 2.45) is 0 Å². The van der Waals surface area contributed by atoms with E-state index in [0.29, 0.717) is 22.0 Å². The zero-order chi connectivity index (χ0) is 17.7. The fourth-order valence-electron chi connectivity index (χ4n) is 2.11. The van der Waals surface area contributed by atoms with E-state index in [4.69, 9.17) is 21.1 Å². The Balaban J connectivity index is 1.94. The molecule has 2 rings (SSSR count). The van der Waals surface area contributed by atoms with Gasteiger partial charge < -0.3 is 14.8 Å². The summed E-state index contributed by atoms with van der Waals surface area (Å²) in [6.45, 7) is 3.32. The van der Waals surface area contributed by atoms with Crippen LogP contribution >= 0.6 is 11.6 Å². The molecule has 2 aromatic rings. The number of anilines is 1. The van der Waals surface area contributed by atoms with Crippen molar-refractivity contribution in [2.75, 3.05) is 19.0 Å². The second kappa shape index (κ2) is 7.84. The Morgan fingerprint density at radius 3 is 2.54 bits per heavy atom. The van der Waals surface area contributed by atoms with Gasteiger partial charge >= 0.3 is 5.97 Å². The predicted octanol–water partition coefficient (Wildman–Crippen LogP) is 3.76. The maximum Gasteiger partial charge on any atom is 0.338 e. The maximum absolute atomic E-state index is 12.1. The van der Waals surface area contributed by atoms with Crippen molar-refractivity contribution in [3.63, 3.8) is 0 Å². The molecule has 2 aromatic carbocycles. The van der Waals surface area contributed by atoms with Crippen molar-refractivity contribution in [1.82, 2.24) is 0 Å². The molecule has 1 N–H and O–H groups in total. The Morgan fingerprint density at radius 1 is 1.12 bits per heavy atom. The third-order valence-corrected chi connectivity index (χ3v) is 3.68. The minimum Gasteiger partial charge on any atom is -0.495 e. The molecule has 6 heteroatoms. The van der Waals surface area contributed by atoms with Gasteiger partial charge in [-0.05, 0) is 43.7 Å². The maximum atomic E-state index is 12.1. The average molecular weight is 348 g/mol. The molecule has 0 atom stereocenters. The summed E-state index contributed by atoms with van der Waals surface area (Å²) < 4.78 is 10.1. The molecule has 24 heavy (non-hydrogen) atoms. The second-order valence-corrected chi connectivity index (χ2v) is 5.70. The van der Waals surface area contributed by atoms with Gasteiger partial charge in [-0.3, -0.25) is 4.79 Å². The first-order valence-corrected chi connectivity index (χ1v) is 7.66. The van der Waals surface area contributed by atoms with Crippen LogP contribution in [-0.4, -0.2) is 25.6 Å². The summed E-state index contributed by atoms with van der Waals surface area (Å²) >= 11 is 5.99. The first kappa shape index (κ1) is 17.8. The topological polar surface area (TPSA) is 64.6 Å². The standard InChI is InChI=1S/C18H18ClNO4/c1-11-4-5-12(2)14(8-11)18(22)24-10-17(21)20-13-6-7-16(23-3)15(19)9-13/h4-9H,10H2,1-3H3,(H,20,21). The summed E-state index contributed by atoms with van der Waals surface area (Å²) in [6, 6.07) is 10.3. The van der Waals surface area contributed by atoms with Gasteiger partial charge in [0.1, 0.15) is 5.75 Å². The number of esters is 1. The van der Waals surface area contributed by atoms with Gasteiger partial charge in [0.05, 0.1) is 17.7 Å². The highest BCUT2D eigenvalue weighted by atomic mass is 35.5. The van der Waals surface area contributed by atoms with Crippen LogP contribution in [0.3, 0.4) is 0 Å². The molecule has 0 unspecified atom stereocenters. The summed E-state index contributed by atoms with van der Waals surface area (Å²) in [5.74, 6) is -0.468. The lowest BCUT2D eigenvalue weighted by Crippen LogP contribution is -2.21. The molecule has 1 amide bonds. The summed E-state index contributed by atoms with van der Waals surface area (Å²) in [6.07, 6.45) is 0. The van der Waals surface area contributed by atoms with Gasteiger partial charge in [-0.15, -0.1) is 0 Å². The number of ether oxygens (including phenoxy) is 2. The number of aryl methyl sites for hydroxylation is 2. The highest BCUT2D eigenvalue weighted by Gasteiger charge is 2.13. The van der Waals surface area contributed by atoms with Crippen LogP contribution in [-0.2, 0) is 9.53 Å². The molecule has 0 fully saturated rings. The Hall–Kier alpha value is -2.53. The lowest BCUT2D eigenvalue weighted by Gasteiger charge is -2.10. The van der Waals surface area contributed by atoms with Crippen molar-refractivity contribution in [3.8, 4) is 5.75 Å². The van der Waals surface area contributed by atoms with Gasteiger partial charge in [0.15, 0.2) is 6.61 Å². The Morgan fingerprint density at radius 2 is 1.88 bits per heavy atom. The molecule has 0 saturated carbocycles. The minimum atomic E-state index is -0.529. The van der Waals surface area contributed by atoms with Gasteiger partial charge in [0, 0.05) is 5.69 Å². The molecule has 0 radical (unpaired) electrons. The summed E-state index contributed by atoms with van der Waals surface area (Å²) in [7, 11) is 1.51. The number of amides is 1. The van der Waals surface area contributed by atoms with Crippen LogP contribution in [0, 0.1) is 13.8 Å². The number of benzene rings is 2. The van der Waals surface area contributed by atoms with E-state index in [1.54, 1.807) is 24.3 Å². The van der Waals surface area contributed by atoms with Crippen molar-refractivity contribution in [3.05, 3.63) is 58.1 Å². The largest absolute Gasteiger partial charge is 0.495 e. The van der Waals surface area contributed by atoms with Gasteiger partial charge in [0.25, 0.3) is 5.91 Å². The number of carbonyl (C=O) groups is 2. The highest BCUT2D eigenvalue weighted by Crippen LogP contribution is 2.27. The first-order valence-electron chi connectivity index (χ1n) is 7.28. The molecule has 0 bridgehead atoms. The predicted molar refractivity (Wildman–Crippen MR) is 92.8 cm³/mol. The number of carbonyl (C=O) groups excluding carboxylic acids is 2. The van der Waals surface area contributed by atoms with Gasteiger partial charge in [-0.25, -0.2) is 4.79 Å². The van der Waals surface area contributed by atoms with E-state index in [9.17, 15) is 9.59 Å². The van der Waals surface area contributed by atoms with Gasteiger partial charge in [-0.1, -0.05) is 29.3 Å². The van der Waals surface area contributed by atoms with Gasteiger partial charge in [0.2, 0.25) is 0 Å². The number of rotatable bonds is 5. The lowest BCUT2D eigenvalue weighted by molar-refractivity contribution is -0.119. The van der Waals surface area contributed by atoms with Crippen molar-refractivity contribution >= 4 is 29.2 Å². The fourth-order valence-corrected chi connectivity index (χ4v) is 2.36. The van der Waals surface area contributed by atoms with Gasteiger partial charge in [-0.2, -0.15) is 0 Å². The van der Waals surface area contributed by atoms with Crippen LogP contribution in [0.4, 0.5) is 5.69 Å². The summed E-state index contributed by atoms with van der Waals surface area (Å²) in [4.78, 5) is 24.0. The van der Waals surface area contributed by atoms with E-state index in [0.717, 1.165) is 11.1 Å². The van der Waals surface area contributed by atoms with Crippen LogP contribution in [0.1, 0.15) is 21.5 Å². The molecule has 0 aliphatic heterocycles. The molecular formula is C18H18ClNO4. The molecule has 0 spiro atoms. The quantitative estimate of drug-likeness (QED) is 0.836. The van der Waals surface area contributed by atoms with Crippen LogP contribution < -0.4 is 10.1 Å². The fraction of sp³-hybridized carbons (Fsp3) is 0.222. The lowest BCUT2D eigenvalue weighted by atomic mass is 10.1. The molecule has 0 aliphatic rings. The number of methoxy groups -OCH3 is 1. The third-order valence-electron chi connectivity index (χ3n) is 3.38. The number of nitrogens with one attached hydrogen (secondary N) is 1. The number of halogens is 1. The molecular weight excluding hydrogens is 330 g/mol. The van der Waals surface area contributed by atoms with Crippen molar-refractivity contribution in [1.29, 1.82) is 0 Å². The molecule has 5 nitrogen and oxygen atoms in total. The van der Waals surface area contributed by atoms with E-state index >= 15 is 0 Å². The zero-order valence-corrected chi connectivity index (χ0v) is 14.4. The molecule has 0 heterocycles. The summed E-state index contributed by atoms with van der Waals surface area (Å²) in [5.41, 5.74) is 2.70. The molecule has 0 saturated heterocycles. The minimum absolute atomic E-state index is 0.377. The van der Waals surface area contributed by atoms with Crippen molar-refractivity contribution in [2.45, 2.75) is 13.8 Å². The molecule has 0 aliphatic carbocycles. The molecule has 0 aromatic heterocycles.